The van der Waals surface area contributed by atoms with E-state index in [1.54, 1.807) is 17.5 Å². The minimum absolute atomic E-state index is 0.0466. The van der Waals surface area contributed by atoms with Crippen LogP contribution >= 0.6 is 11.3 Å². The van der Waals surface area contributed by atoms with Gasteiger partial charge in [-0.15, -0.1) is 11.3 Å². The molecule has 130 valence electrons. The van der Waals surface area contributed by atoms with Gasteiger partial charge in [-0.25, -0.2) is 4.98 Å². The van der Waals surface area contributed by atoms with Gasteiger partial charge in [0.05, 0.1) is 28.7 Å². The molecule has 1 aromatic carbocycles. The van der Waals surface area contributed by atoms with Crippen molar-refractivity contribution < 1.29 is 5.11 Å². The highest BCUT2D eigenvalue weighted by Crippen LogP contribution is 2.28. The SMILES string of the molecule is C=CNC(CO)c1ccc(-c2scnc2C)cc1.CC1CCCN1. The van der Waals surface area contributed by atoms with Gasteiger partial charge in [0.1, 0.15) is 0 Å². The van der Waals surface area contributed by atoms with Crippen LogP contribution in [0.2, 0.25) is 0 Å². The van der Waals surface area contributed by atoms with Crippen molar-refractivity contribution in [2.24, 2.45) is 0 Å². The summed E-state index contributed by atoms with van der Waals surface area (Å²) in [7, 11) is 0. The number of aromatic nitrogens is 1. The third-order valence-corrected chi connectivity index (χ3v) is 5.11. The Balaban J connectivity index is 0.000000292. The number of thiazole rings is 1. The molecule has 5 heteroatoms. The second kappa shape index (κ2) is 9.57. The Morgan fingerprint density at radius 1 is 1.46 bits per heavy atom. The van der Waals surface area contributed by atoms with Gasteiger partial charge in [0.25, 0.3) is 0 Å². The average Bonchev–Trinajstić information content (AvgIpc) is 3.24. The molecule has 1 saturated heterocycles. The van der Waals surface area contributed by atoms with Crippen LogP contribution < -0.4 is 10.6 Å². The summed E-state index contributed by atoms with van der Waals surface area (Å²) in [6.07, 6.45) is 4.35. The summed E-state index contributed by atoms with van der Waals surface area (Å²) in [5.41, 5.74) is 5.11. The van der Waals surface area contributed by atoms with Gasteiger partial charge in [0.15, 0.2) is 0 Å². The number of hydrogen-bond donors (Lipinski definition) is 3. The van der Waals surface area contributed by atoms with Crippen LogP contribution in [0.15, 0.2) is 42.6 Å². The summed E-state index contributed by atoms with van der Waals surface area (Å²) in [5.74, 6) is 0. The first kappa shape index (κ1) is 18.6. The molecule has 1 aliphatic rings. The van der Waals surface area contributed by atoms with Crippen molar-refractivity contribution in [2.45, 2.75) is 38.8 Å². The highest BCUT2D eigenvalue weighted by atomic mass is 32.1. The third-order valence-electron chi connectivity index (χ3n) is 4.13. The number of rotatable bonds is 5. The van der Waals surface area contributed by atoms with E-state index in [4.69, 9.17) is 0 Å². The van der Waals surface area contributed by atoms with Crippen LogP contribution in [-0.2, 0) is 0 Å². The lowest BCUT2D eigenvalue weighted by molar-refractivity contribution is 0.254. The van der Waals surface area contributed by atoms with Crippen molar-refractivity contribution in [2.75, 3.05) is 13.2 Å². The molecule has 1 aromatic heterocycles. The summed E-state index contributed by atoms with van der Waals surface area (Å²) in [6.45, 7) is 9.14. The Labute approximate surface area is 148 Å². The van der Waals surface area contributed by atoms with Gasteiger partial charge in [0, 0.05) is 6.04 Å². The molecule has 0 aliphatic carbocycles. The fourth-order valence-corrected chi connectivity index (χ4v) is 3.51. The molecule has 0 saturated carbocycles. The minimum atomic E-state index is -0.0980. The zero-order valence-corrected chi connectivity index (χ0v) is 15.3. The maximum absolute atomic E-state index is 9.29. The van der Waals surface area contributed by atoms with Gasteiger partial charge < -0.3 is 15.7 Å². The van der Waals surface area contributed by atoms with E-state index >= 15 is 0 Å². The Morgan fingerprint density at radius 2 is 2.21 bits per heavy atom. The normalized spacial score (nSPS) is 17.7. The topological polar surface area (TPSA) is 57.2 Å². The average molecular weight is 346 g/mol. The molecular weight excluding hydrogens is 318 g/mol. The molecule has 0 radical (unpaired) electrons. The zero-order chi connectivity index (χ0) is 17.4. The molecule has 0 spiro atoms. The Morgan fingerprint density at radius 3 is 2.62 bits per heavy atom. The summed E-state index contributed by atoms with van der Waals surface area (Å²) in [5, 5.41) is 15.6. The number of hydrogen-bond acceptors (Lipinski definition) is 5. The molecular formula is C19H27N3OS. The van der Waals surface area contributed by atoms with E-state index in [2.05, 4.69) is 41.3 Å². The van der Waals surface area contributed by atoms with E-state index in [0.717, 1.165) is 22.9 Å². The Hall–Kier alpha value is -1.69. The summed E-state index contributed by atoms with van der Waals surface area (Å²) in [6, 6.07) is 8.86. The summed E-state index contributed by atoms with van der Waals surface area (Å²) < 4.78 is 0. The highest BCUT2D eigenvalue weighted by Gasteiger charge is 2.09. The second-order valence-corrected chi connectivity index (χ2v) is 6.85. The monoisotopic (exact) mass is 345 g/mol. The van der Waals surface area contributed by atoms with Crippen molar-refractivity contribution in [1.82, 2.24) is 15.6 Å². The van der Waals surface area contributed by atoms with E-state index in [1.807, 2.05) is 24.6 Å². The Kier molecular flexibility index (Phi) is 7.43. The largest absolute Gasteiger partial charge is 0.394 e. The lowest BCUT2D eigenvalue weighted by Gasteiger charge is -2.15. The first-order chi connectivity index (χ1) is 11.7. The maximum atomic E-state index is 9.29. The predicted octanol–water partition coefficient (Wildman–Crippen LogP) is 3.64. The van der Waals surface area contributed by atoms with Crippen LogP contribution in [0.3, 0.4) is 0 Å². The van der Waals surface area contributed by atoms with Gasteiger partial charge in [-0.3, -0.25) is 0 Å². The van der Waals surface area contributed by atoms with E-state index < -0.39 is 0 Å². The van der Waals surface area contributed by atoms with Crippen molar-refractivity contribution in [1.29, 1.82) is 0 Å². The van der Waals surface area contributed by atoms with Crippen LogP contribution in [0.5, 0.6) is 0 Å². The summed E-state index contributed by atoms with van der Waals surface area (Å²) >= 11 is 1.64. The first-order valence-corrected chi connectivity index (χ1v) is 9.25. The molecule has 0 amide bonds. The van der Waals surface area contributed by atoms with Gasteiger partial charge in [-0.1, -0.05) is 30.8 Å². The summed E-state index contributed by atoms with van der Waals surface area (Å²) in [4.78, 5) is 5.44. The van der Waals surface area contributed by atoms with Crippen LogP contribution in [0, 0.1) is 6.92 Å². The van der Waals surface area contributed by atoms with Gasteiger partial charge in [-0.2, -0.15) is 0 Å². The van der Waals surface area contributed by atoms with Crippen LogP contribution in [0.4, 0.5) is 0 Å². The third kappa shape index (κ3) is 5.16. The lowest BCUT2D eigenvalue weighted by Crippen LogP contribution is -2.18. The molecule has 3 N–H and O–H groups in total. The van der Waals surface area contributed by atoms with Gasteiger partial charge in [0.2, 0.25) is 0 Å². The highest BCUT2D eigenvalue weighted by molar-refractivity contribution is 7.13. The molecule has 2 atom stereocenters. The number of aliphatic hydroxyl groups excluding tert-OH is 1. The molecule has 1 aliphatic heterocycles. The molecule has 2 heterocycles. The standard InChI is InChI=1S/C14H16N2OS.C5H11N/c1-3-15-13(8-17)11-4-6-12(7-5-11)14-10(2)16-9-18-14;1-5-3-2-4-6-5/h3-7,9,13,15,17H,1,8H2,2H3;5-6H,2-4H2,1H3. The lowest BCUT2D eigenvalue weighted by atomic mass is 10.0. The van der Waals surface area contributed by atoms with Crippen LogP contribution in [0.25, 0.3) is 10.4 Å². The molecule has 2 unspecified atom stereocenters. The minimum Gasteiger partial charge on any atom is -0.394 e. The van der Waals surface area contributed by atoms with E-state index in [-0.39, 0.29) is 12.6 Å². The zero-order valence-electron chi connectivity index (χ0n) is 14.5. The van der Waals surface area contributed by atoms with Crippen molar-refractivity contribution in [3.05, 3.63) is 53.8 Å². The number of benzene rings is 1. The fraction of sp³-hybridized carbons (Fsp3) is 0.421. The van der Waals surface area contributed by atoms with Gasteiger partial charge >= 0.3 is 0 Å². The van der Waals surface area contributed by atoms with Crippen molar-refractivity contribution in [3.8, 4) is 10.4 Å². The smallest absolute Gasteiger partial charge is 0.0801 e. The molecule has 4 nitrogen and oxygen atoms in total. The number of nitrogens with one attached hydrogen (secondary N) is 2. The maximum Gasteiger partial charge on any atom is 0.0801 e. The predicted molar refractivity (Wildman–Crippen MR) is 102 cm³/mol. The molecule has 2 aromatic rings. The van der Waals surface area contributed by atoms with Gasteiger partial charge in [-0.05, 0) is 50.6 Å². The van der Waals surface area contributed by atoms with Crippen molar-refractivity contribution >= 4 is 11.3 Å². The number of aryl methyl sites for hydroxylation is 1. The van der Waals surface area contributed by atoms with Crippen LogP contribution in [0.1, 0.15) is 37.1 Å². The molecule has 1 fully saturated rings. The second-order valence-electron chi connectivity index (χ2n) is 5.99. The first-order valence-electron chi connectivity index (χ1n) is 8.37. The molecule has 0 bridgehead atoms. The fourth-order valence-electron chi connectivity index (χ4n) is 2.70. The van der Waals surface area contributed by atoms with E-state index in [1.165, 1.54) is 24.3 Å². The van der Waals surface area contributed by atoms with Crippen LogP contribution in [-0.4, -0.2) is 29.3 Å². The number of aliphatic hydroxyl groups is 1. The Bertz CT molecular complexity index is 618. The molecule has 24 heavy (non-hydrogen) atoms. The quantitative estimate of drug-likeness (QED) is 0.774. The number of nitrogens with zero attached hydrogens (tertiary/aromatic N) is 1. The molecule has 3 rings (SSSR count). The van der Waals surface area contributed by atoms with Crippen molar-refractivity contribution in [3.63, 3.8) is 0 Å². The van der Waals surface area contributed by atoms with E-state index in [9.17, 15) is 5.11 Å². The van der Waals surface area contributed by atoms with E-state index in [0.29, 0.717) is 0 Å².